The maximum absolute atomic E-state index is 10.6. The fraction of sp³-hybridized carbons (Fsp3) is 0.381. The number of rotatable bonds is 7. The van der Waals surface area contributed by atoms with Crippen molar-refractivity contribution in [2.75, 3.05) is 19.6 Å². The average molecular weight is 496 g/mol. The molecule has 0 saturated heterocycles. The minimum atomic E-state index is -1.14. The first kappa shape index (κ1) is 22.3. The van der Waals surface area contributed by atoms with E-state index < -0.39 is 5.60 Å². The van der Waals surface area contributed by atoms with Crippen LogP contribution in [0.4, 0.5) is 0 Å². The van der Waals surface area contributed by atoms with E-state index in [0.29, 0.717) is 11.7 Å². The number of hydrogen-bond acceptors (Lipinski definition) is 3. The maximum Gasteiger partial charge on any atom is 0.191 e. The highest BCUT2D eigenvalue weighted by atomic mass is 127. The molecular weight excluding hydrogens is 467 g/mol. The molecule has 152 valence electrons. The van der Waals surface area contributed by atoms with Crippen LogP contribution >= 0.6 is 24.0 Å². The molecule has 1 atom stereocenters. The SMILES string of the molecule is CCNC(=NCC(C)(O)c1ccco1)NCCc1c(C)[nH]c2ccccc12.I. The normalized spacial score (nSPS) is 13.8. The number of H-pyrrole nitrogens is 1. The highest BCUT2D eigenvalue weighted by Crippen LogP contribution is 2.22. The third kappa shape index (κ3) is 5.29. The van der Waals surface area contributed by atoms with Crippen LogP contribution in [0, 0.1) is 6.92 Å². The van der Waals surface area contributed by atoms with Gasteiger partial charge in [-0.3, -0.25) is 0 Å². The molecule has 4 N–H and O–H groups in total. The monoisotopic (exact) mass is 496 g/mol. The molecule has 28 heavy (non-hydrogen) atoms. The summed E-state index contributed by atoms with van der Waals surface area (Å²) in [5, 5.41) is 18.4. The van der Waals surface area contributed by atoms with Crippen LogP contribution in [0.5, 0.6) is 0 Å². The summed E-state index contributed by atoms with van der Waals surface area (Å²) in [7, 11) is 0. The van der Waals surface area contributed by atoms with Crippen LogP contribution in [0.25, 0.3) is 10.9 Å². The fourth-order valence-electron chi connectivity index (χ4n) is 3.20. The zero-order chi connectivity index (χ0) is 19.3. The van der Waals surface area contributed by atoms with E-state index in [4.69, 9.17) is 4.42 Å². The summed E-state index contributed by atoms with van der Waals surface area (Å²) in [6.07, 6.45) is 2.44. The number of nitrogens with zero attached hydrogens (tertiary/aromatic N) is 1. The van der Waals surface area contributed by atoms with Crippen molar-refractivity contribution in [3.8, 4) is 0 Å². The van der Waals surface area contributed by atoms with Gasteiger partial charge in [-0.1, -0.05) is 18.2 Å². The Kier molecular flexibility index (Phi) is 7.94. The third-order valence-corrected chi connectivity index (χ3v) is 4.64. The van der Waals surface area contributed by atoms with E-state index in [0.717, 1.165) is 19.5 Å². The Morgan fingerprint density at radius 2 is 2.00 bits per heavy atom. The standard InChI is InChI=1S/C21H28N4O2.HI/c1-4-22-20(24-14-21(3,26)19-10-7-13-27-19)23-12-11-16-15(2)25-18-9-6-5-8-17(16)18;/h5-10,13,25-26H,4,11-12,14H2,1-3H3,(H2,22,23,24);1H. The van der Waals surface area contributed by atoms with Gasteiger partial charge in [-0.05, 0) is 51.0 Å². The maximum atomic E-state index is 10.6. The van der Waals surface area contributed by atoms with Gasteiger partial charge in [0.15, 0.2) is 5.96 Å². The van der Waals surface area contributed by atoms with Gasteiger partial charge >= 0.3 is 0 Å². The number of furan rings is 1. The zero-order valence-electron chi connectivity index (χ0n) is 16.6. The van der Waals surface area contributed by atoms with Gasteiger partial charge < -0.3 is 25.1 Å². The van der Waals surface area contributed by atoms with Crippen molar-refractivity contribution < 1.29 is 9.52 Å². The Hall–Kier alpha value is -2.00. The van der Waals surface area contributed by atoms with Crippen molar-refractivity contribution >= 4 is 40.8 Å². The zero-order valence-corrected chi connectivity index (χ0v) is 18.9. The molecule has 2 aromatic heterocycles. The van der Waals surface area contributed by atoms with E-state index in [1.165, 1.54) is 22.2 Å². The molecule has 3 aromatic rings. The molecule has 0 spiro atoms. The summed E-state index contributed by atoms with van der Waals surface area (Å²) in [6.45, 7) is 7.54. The van der Waals surface area contributed by atoms with Crippen molar-refractivity contribution in [3.63, 3.8) is 0 Å². The number of aromatic amines is 1. The fourth-order valence-corrected chi connectivity index (χ4v) is 3.20. The molecule has 6 nitrogen and oxygen atoms in total. The number of hydrogen-bond donors (Lipinski definition) is 4. The summed E-state index contributed by atoms with van der Waals surface area (Å²) in [5.74, 6) is 1.19. The number of halogens is 1. The summed E-state index contributed by atoms with van der Waals surface area (Å²) in [4.78, 5) is 7.96. The number of aryl methyl sites for hydroxylation is 1. The summed E-state index contributed by atoms with van der Waals surface area (Å²) in [6, 6.07) is 11.9. The first-order chi connectivity index (χ1) is 13.0. The van der Waals surface area contributed by atoms with Crippen molar-refractivity contribution in [2.45, 2.75) is 32.8 Å². The average Bonchev–Trinajstić information content (AvgIpc) is 3.29. The van der Waals surface area contributed by atoms with Crippen LogP contribution in [0.1, 0.15) is 30.9 Å². The highest BCUT2D eigenvalue weighted by Gasteiger charge is 2.26. The number of benzene rings is 1. The third-order valence-electron chi connectivity index (χ3n) is 4.64. The van der Waals surface area contributed by atoms with Gasteiger partial charge in [-0.2, -0.15) is 0 Å². The van der Waals surface area contributed by atoms with Crippen molar-refractivity contribution in [2.24, 2.45) is 4.99 Å². The minimum absolute atomic E-state index is 0. The lowest BCUT2D eigenvalue weighted by atomic mass is 10.0. The Morgan fingerprint density at radius 1 is 1.21 bits per heavy atom. The van der Waals surface area contributed by atoms with Crippen LogP contribution in [0.15, 0.2) is 52.1 Å². The second kappa shape index (κ2) is 9.97. The van der Waals surface area contributed by atoms with Crippen LogP contribution in [0.3, 0.4) is 0 Å². The number of aliphatic imine (C=N–C) groups is 1. The Labute approximate surface area is 182 Å². The Bertz CT molecular complexity index is 900. The van der Waals surface area contributed by atoms with Gasteiger partial charge in [-0.15, -0.1) is 24.0 Å². The molecule has 2 heterocycles. The van der Waals surface area contributed by atoms with Gasteiger partial charge in [0.1, 0.15) is 11.4 Å². The molecule has 0 aliphatic rings. The second-order valence-electron chi connectivity index (χ2n) is 6.90. The number of guanidine groups is 1. The van der Waals surface area contributed by atoms with Gasteiger partial charge in [0.05, 0.1) is 12.8 Å². The number of para-hydroxylation sites is 1. The quantitative estimate of drug-likeness (QED) is 0.228. The molecular formula is C21H29IN4O2. The molecule has 1 aromatic carbocycles. The van der Waals surface area contributed by atoms with Gasteiger partial charge in [-0.25, -0.2) is 4.99 Å². The van der Waals surface area contributed by atoms with Gasteiger partial charge in [0, 0.05) is 29.7 Å². The lowest BCUT2D eigenvalue weighted by Crippen LogP contribution is -2.39. The minimum Gasteiger partial charge on any atom is -0.466 e. The van der Waals surface area contributed by atoms with Crippen LogP contribution in [-0.4, -0.2) is 35.7 Å². The van der Waals surface area contributed by atoms with E-state index in [2.05, 4.69) is 45.7 Å². The smallest absolute Gasteiger partial charge is 0.191 e. The van der Waals surface area contributed by atoms with Gasteiger partial charge in [0.25, 0.3) is 0 Å². The summed E-state index contributed by atoms with van der Waals surface area (Å²) < 4.78 is 5.31. The lowest BCUT2D eigenvalue weighted by molar-refractivity contribution is 0.0437. The predicted molar refractivity (Wildman–Crippen MR) is 124 cm³/mol. The van der Waals surface area contributed by atoms with Crippen molar-refractivity contribution in [1.82, 2.24) is 15.6 Å². The predicted octanol–water partition coefficient (Wildman–Crippen LogP) is 3.69. The number of nitrogens with one attached hydrogen (secondary N) is 3. The second-order valence-corrected chi connectivity index (χ2v) is 6.90. The van der Waals surface area contributed by atoms with E-state index >= 15 is 0 Å². The molecule has 0 fully saturated rings. The van der Waals surface area contributed by atoms with E-state index in [-0.39, 0.29) is 30.5 Å². The van der Waals surface area contributed by atoms with Crippen LogP contribution in [-0.2, 0) is 12.0 Å². The molecule has 3 rings (SSSR count). The topological polar surface area (TPSA) is 85.6 Å². The largest absolute Gasteiger partial charge is 0.466 e. The van der Waals surface area contributed by atoms with Crippen molar-refractivity contribution in [1.29, 1.82) is 0 Å². The number of aliphatic hydroxyl groups is 1. The molecule has 0 amide bonds. The molecule has 0 saturated carbocycles. The van der Waals surface area contributed by atoms with E-state index in [9.17, 15) is 5.11 Å². The number of aromatic nitrogens is 1. The molecule has 0 aliphatic heterocycles. The summed E-state index contributed by atoms with van der Waals surface area (Å²) >= 11 is 0. The first-order valence-electron chi connectivity index (χ1n) is 9.36. The first-order valence-corrected chi connectivity index (χ1v) is 9.36. The molecule has 0 bridgehead atoms. The molecule has 0 aliphatic carbocycles. The molecule has 0 radical (unpaired) electrons. The van der Waals surface area contributed by atoms with Gasteiger partial charge in [0.2, 0.25) is 0 Å². The van der Waals surface area contributed by atoms with Crippen molar-refractivity contribution in [3.05, 3.63) is 59.7 Å². The van der Waals surface area contributed by atoms with Crippen LogP contribution < -0.4 is 10.6 Å². The molecule has 7 heteroatoms. The van der Waals surface area contributed by atoms with E-state index in [1.54, 1.807) is 25.3 Å². The number of fused-ring (bicyclic) bond motifs is 1. The lowest BCUT2D eigenvalue weighted by Gasteiger charge is -2.19. The highest BCUT2D eigenvalue weighted by molar-refractivity contribution is 14.0. The Morgan fingerprint density at radius 3 is 2.71 bits per heavy atom. The van der Waals surface area contributed by atoms with Crippen LogP contribution in [0.2, 0.25) is 0 Å². The molecule has 1 unspecified atom stereocenters. The summed E-state index contributed by atoms with van der Waals surface area (Å²) in [5.41, 5.74) is 2.54. The Balaban J connectivity index is 0.00000280. The van der Waals surface area contributed by atoms with E-state index in [1.807, 2.05) is 13.0 Å².